The largest absolute Gasteiger partial charge is 0.463 e. The van der Waals surface area contributed by atoms with E-state index < -0.39 is 18.8 Å². The van der Waals surface area contributed by atoms with E-state index in [-0.39, 0.29) is 28.8 Å². The van der Waals surface area contributed by atoms with E-state index in [2.05, 4.69) is 27.1 Å². The van der Waals surface area contributed by atoms with Gasteiger partial charge in [-0.2, -0.15) is 0 Å². The molecule has 0 aliphatic carbocycles. The van der Waals surface area contributed by atoms with E-state index in [4.69, 9.17) is 16.3 Å². The lowest BCUT2D eigenvalue weighted by atomic mass is 10.1. The second-order valence-electron chi connectivity index (χ2n) is 4.81. The number of halogens is 3. The summed E-state index contributed by atoms with van der Waals surface area (Å²) in [4.78, 5) is 20.0. The van der Waals surface area contributed by atoms with Gasteiger partial charge in [-0.15, -0.1) is 5.92 Å². The highest BCUT2D eigenvalue weighted by atomic mass is 35.5. The quantitative estimate of drug-likeness (QED) is 0.794. The van der Waals surface area contributed by atoms with E-state index in [1.165, 1.54) is 30.6 Å². The Morgan fingerprint density at radius 1 is 1.36 bits per heavy atom. The molecule has 2 rings (SSSR count). The molecule has 0 aliphatic heterocycles. The van der Waals surface area contributed by atoms with E-state index in [1.54, 1.807) is 6.92 Å². The number of carbonyl (C=O) groups is 1. The maximum atomic E-state index is 12.5. The van der Waals surface area contributed by atoms with Crippen LogP contribution in [0.1, 0.15) is 23.0 Å². The van der Waals surface area contributed by atoms with Gasteiger partial charge in [-0.25, -0.2) is 18.7 Å². The lowest BCUT2D eigenvalue weighted by molar-refractivity contribution is 0.102. The highest BCUT2D eigenvalue weighted by Gasteiger charge is 2.12. The summed E-state index contributed by atoms with van der Waals surface area (Å²) in [6, 6.07) is 4.37. The highest BCUT2D eigenvalue weighted by Crippen LogP contribution is 2.23. The van der Waals surface area contributed by atoms with Crippen LogP contribution in [-0.2, 0) is 6.42 Å². The van der Waals surface area contributed by atoms with Crippen molar-refractivity contribution in [2.24, 2.45) is 0 Å². The number of rotatable bonds is 6. The molecular formula is C17H14ClF2N3O2. The molecule has 2 aromatic rings. The molecule has 0 saturated carbocycles. The first-order valence-electron chi connectivity index (χ1n) is 7.22. The van der Waals surface area contributed by atoms with Gasteiger partial charge in [-0.1, -0.05) is 17.5 Å². The van der Waals surface area contributed by atoms with Gasteiger partial charge in [0.15, 0.2) is 6.61 Å². The van der Waals surface area contributed by atoms with E-state index >= 15 is 0 Å². The molecule has 1 aromatic heterocycles. The molecule has 0 radical (unpaired) electrons. The standard InChI is InChI=1S/C17H14ClF2N3O2/c1-2-3-6-25-16-10-21-14(9-22-16)17(24)23-12-4-5-13(18)11(7-12)8-15(19)20/h4-5,7,9-10,15H,6,8H2,1H3,(H,23,24). The molecule has 0 unspecified atom stereocenters. The summed E-state index contributed by atoms with van der Waals surface area (Å²) < 4.78 is 30.2. The summed E-state index contributed by atoms with van der Waals surface area (Å²) in [5.41, 5.74) is 0.644. The van der Waals surface area contributed by atoms with Crippen LogP contribution in [0.2, 0.25) is 5.02 Å². The molecule has 0 spiro atoms. The lowest BCUT2D eigenvalue weighted by Crippen LogP contribution is -2.14. The number of benzene rings is 1. The zero-order chi connectivity index (χ0) is 18.2. The minimum Gasteiger partial charge on any atom is -0.463 e. The van der Waals surface area contributed by atoms with Crippen LogP contribution in [0.4, 0.5) is 14.5 Å². The predicted octanol–water partition coefficient (Wildman–Crippen LogP) is 3.59. The fourth-order valence-corrected chi connectivity index (χ4v) is 2.06. The lowest BCUT2D eigenvalue weighted by Gasteiger charge is -2.09. The summed E-state index contributed by atoms with van der Waals surface area (Å²) >= 11 is 5.87. The molecule has 0 bridgehead atoms. The number of alkyl halides is 2. The van der Waals surface area contributed by atoms with Gasteiger partial charge in [0.05, 0.1) is 12.4 Å². The van der Waals surface area contributed by atoms with Crippen molar-refractivity contribution >= 4 is 23.2 Å². The van der Waals surface area contributed by atoms with Crippen LogP contribution < -0.4 is 10.1 Å². The normalized spacial score (nSPS) is 10.1. The molecule has 1 amide bonds. The van der Waals surface area contributed by atoms with Gasteiger partial charge in [0, 0.05) is 17.1 Å². The zero-order valence-electron chi connectivity index (χ0n) is 13.2. The second-order valence-corrected chi connectivity index (χ2v) is 5.22. The van der Waals surface area contributed by atoms with Crippen molar-refractivity contribution in [2.75, 3.05) is 11.9 Å². The minimum atomic E-state index is -2.53. The van der Waals surface area contributed by atoms with Gasteiger partial charge in [-0.3, -0.25) is 4.79 Å². The molecule has 5 nitrogen and oxygen atoms in total. The first-order valence-corrected chi connectivity index (χ1v) is 7.59. The Kier molecular flexibility index (Phi) is 6.66. The van der Waals surface area contributed by atoms with E-state index in [0.717, 1.165) is 0 Å². The SMILES string of the molecule is CC#CCOc1cnc(C(=O)Nc2ccc(Cl)c(CC(F)F)c2)cn1. The maximum Gasteiger partial charge on any atom is 0.275 e. The smallest absolute Gasteiger partial charge is 0.275 e. The second kappa shape index (κ2) is 8.94. The van der Waals surface area contributed by atoms with Gasteiger partial charge in [0.25, 0.3) is 5.91 Å². The van der Waals surface area contributed by atoms with Crippen molar-refractivity contribution in [2.45, 2.75) is 19.8 Å². The van der Waals surface area contributed by atoms with Crippen LogP contribution >= 0.6 is 11.6 Å². The molecule has 1 N–H and O–H groups in total. The van der Waals surface area contributed by atoms with Gasteiger partial charge in [-0.05, 0) is 30.7 Å². The number of nitrogens with one attached hydrogen (secondary N) is 1. The summed E-state index contributed by atoms with van der Waals surface area (Å²) in [6.45, 7) is 1.86. The van der Waals surface area contributed by atoms with Gasteiger partial charge in [0.2, 0.25) is 12.3 Å². The number of hydrogen-bond acceptors (Lipinski definition) is 4. The first-order chi connectivity index (χ1) is 12.0. The van der Waals surface area contributed by atoms with E-state index in [0.29, 0.717) is 5.69 Å². The Morgan fingerprint density at radius 3 is 2.80 bits per heavy atom. The van der Waals surface area contributed by atoms with Crippen molar-refractivity contribution in [3.63, 3.8) is 0 Å². The van der Waals surface area contributed by atoms with Crippen LogP contribution in [0.3, 0.4) is 0 Å². The minimum absolute atomic E-state index is 0.0549. The number of aromatic nitrogens is 2. The number of nitrogens with zero attached hydrogens (tertiary/aromatic N) is 2. The number of hydrogen-bond donors (Lipinski definition) is 1. The van der Waals surface area contributed by atoms with Crippen LogP contribution in [0, 0.1) is 11.8 Å². The third-order valence-electron chi connectivity index (χ3n) is 3.01. The molecule has 1 heterocycles. The average molecular weight is 366 g/mol. The van der Waals surface area contributed by atoms with Gasteiger partial charge < -0.3 is 10.1 Å². The Morgan fingerprint density at radius 2 is 2.16 bits per heavy atom. The third kappa shape index (κ3) is 5.69. The molecule has 25 heavy (non-hydrogen) atoms. The molecule has 130 valence electrons. The maximum absolute atomic E-state index is 12.5. The fourth-order valence-electron chi connectivity index (χ4n) is 1.86. The number of anilines is 1. The first kappa shape index (κ1) is 18.6. The molecular weight excluding hydrogens is 352 g/mol. The van der Waals surface area contributed by atoms with Crippen LogP contribution in [0.5, 0.6) is 5.88 Å². The van der Waals surface area contributed by atoms with Gasteiger partial charge >= 0.3 is 0 Å². The highest BCUT2D eigenvalue weighted by molar-refractivity contribution is 6.31. The Labute approximate surface area is 148 Å². The molecule has 0 aliphatic rings. The monoisotopic (exact) mass is 365 g/mol. The third-order valence-corrected chi connectivity index (χ3v) is 3.38. The zero-order valence-corrected chi connectivity index (χ0v) is 14.0. The fraction of sp³-hybridized carbons (Fsp3) is 0.235. The molecule has 0 fully saturated rings. The summed E-state index contributed by atoms with van der Waals surface area (Å²) in [5.74, 6) is 5.09. The molecule has 0 saturated heterocycles. The number of ether oxygens (including phenoxy) is 1. The Balaban J connectivity index is 2.04. The Bertz CT molecular complexity index is 802. The summed E-state index contributed by atoms with van der Waals surface area (Å²) in [6.07, 6.45) is -0.468. The number of amides is 1. The topological polar surface area (TPSA) is 64.1 Å². The van der Waals surface area contributed by atoms with Gasteiger partial charge in [0.1, 0.15) is 5.69 Å². The van der Waals surface area contributed by atoms with Crippen LogP contribution in [0.15, 0.2) is 30.6 Å². The van der Waals surface area contributed by atoms with Crippen molar-refractivity contribution in [1.82, 2.24) is 9.97 Å². The summed E-state index contributed by atoms with van der Waals surface area (Å²) in [7, 11) is 0. The average Bonchev–Trinajstić information content (AvgIpc) is 2.58. The molecule has 0 atom stereocenters. The number of carbonyl (C=O) groups excluding carboxylic acids is 1. The summed E-state index contributed by atoms with van der Waals surface area (Å²) in [5, 5.41) is 2.78. The predicted molar refractivity (Wildman–Crippen MR) is 90.1 cm³/mol. The van der Waals surface area contributed by atoms with Crippen molar-refractivity contribution in [3.8, 4) is 17.7 Å². The Hall–Kier alpha value is -2.72. The van der Waals surface area contributed by atoms with E-state index in [1.807, 2.05) is 0 Å². The van der Waals surface area contributed by atoms with Crippen LogP contribution in [0.25, 0.3) is 0 Å². The van der Waals surface area contributed by atoms with Crippen molar-refractivity contribution in [3.05, 3.63) is 46.9 Å². The molecule has 8 heteroatoms. The van der Waals surface area contributed by atoms with Crippen molar-refractivity contribution in [1.29, 1.82) is 0 Å². The van der Waals surface area contributed by atoms with E-state index in [9.17, 15) is 13.6 Å². The molecule has 1 aromatic carbocycles. The van der Waals surface area contributed by atoms with Crippen molar-refractivity contribution < 1.29 is 18.3 Å². The van der Waals surface area contributed by atoms with Crippen LogP contribution in [-0.4, -0.2) is 28.9 Å².